The molecule has 6 heteroatoms. The van der Waals surface area contributed by atoms with Gasteiger partial charge in [0.05, 0.1) is 16.1 Å². The highest BCUT2D eigenvalue weighted by Crippen LogP contribution is 2.38. The van der Waals surface area contributed by atoms with Crippen LogP contribution < -0.4 is 10.6 Å². The summed E-state index contributed by atoms with van der Waals surface area (Å²) < 4.78 is 0. The molecule has 1 saturated heterocycles. The van der Waals surface area contributed by atoms with E-state index in [4.69, 9.17) is 23.2 Å². The average Bonchev–Trinajstić information content (AvgIpc) is 2.41. The molecule has 1 aliphatic heterocycles. The van der Waals surface area contributed by atoms with E-state index in [0.717, 1.165) is 25.9 Å². The molecule has 0 saturated carbocycles. The van der Waals surface area contributed by atoms with Crippen molar-refractivity contribution in [2.24, 2.45) is 5.92 Å². The van der Waals surface area contributed by atoms with Crippen molar-refractivity contribution < 1.29 is 9.90 Å². The summed E-state index contributed by atoms with van der Waals surface area (Å²) in [6.45, 7) is 3.29. The van der Waals surface area contributed by atoms with E-state index >= 15 is 0 Å². The summed E-state index contributed by atoms with van der Waals surface area (Å²) in [7, 11) is 0. The molecule has 0 aliphatic carbocycles. The predicted octanol–water partition coefficient (Wildman–Crippen LogP) is 2.88. The predicted molar refractivity (Wildman–Crippen MR) is 80.3 cm³/mol. The Labute approximate surface area is 128 Å². The van der Waals surface area contributed by atoms with E-state index in [1.54, 1.807) is 6.07 Å². The molecule has 1 fully saturated rings. The molecule has 1 aromatic rings. The smallest absolute Gasteiger partial charge is 0.217 e. The molecular weight excluding hydrogens is 299 g/mol. The summed E-state index contributed by atoms with van der Waals surface area (Å²) in [5.41, 5.74) is 0.626. The van der Waals surface area contributed by atoms with Crippen molar-refractivity contribution in [3.8, 4) is 5.75 Å². The molecule has 110 valence electrons. The van der Waals surface area contributed by atoms with E-state index in [9.17, 15) is 9.90 Å². The maximum absolute atomic E-state index is 11.5. The van der Waals surface area contributed by atoms with Crippen molar-refractivity contribution in [1.29, 1.82) is 0 Å². The number of rotatable bonds is 3. The number of aromatic hydroxyl groups is 1. The second kappa shape index (κ2) is 6.66. The highest BCUT2D eigenvalue weighted by atomic mass is 35.5. The van der Waals surface area contributed by atoms with E-state index in [2.05, 4.69) is 10.6 Å². The van der Waals surface area contributed by atoms with Crippen molar-refractivity contribution in [1.82, 2.24) is 10.6 Å². The third-order valence-corrected chi connectivity index (χ3v) is 4.34. The largest absolute Gasteiger partial charge is 0.508 e. The monoisotopic (exact) mass is 316 g/mol. The highest BCUT2D eigenvalue weighted by Gasteiger charge is 2.28. The van der Waals surface area contributed by atoms with Gasteiger partial charge in [-0.3, -0.25) is 4.79 Å². The van der Waals surface area contributed by atoms with Crippen LogP contribution in [0, 0.1) is 5.92 Å². The van der Waals surface area contributed by atoms with Gasteiger partial charge >= 0.3 is 0 Å². The summed E-state index contributed by atoms with van der Waals surface area (Å²) in [5.74, 6) is 0.207. The number of amides is 1. The van der Waals surface area contributed by atoms with Crippen LogP contribution in [-0.4, -0.2) is 24.1 Å². The van der Waals surface area contributed by atoms with Gasteiger partial charge in [-0.1, -0.05) is 23.2 Å². The molecule has 1 atom stereocenters. The minimum absolute atomic E-state index is 0.0664. The highest BCUT2D eigenvalue weighted by molar-refractivity contribution is 6.42. The van der Waals surface area contributed by atoms with Gasteiger partial charge in [0.1, 0.15) is 5.75 Å². The molecule has 0 aromatic heterocycles. The molecule has 0 bridgehead atoms. The molecular formula is C14H18Cl2N2O2. The molecule has 1 aromatic carbocycles. The Kier molecular flexibility index (Phi) is 5.13. The van der Waals surface area contributed by atoms with Gasteiger partial charge in [-0.2, -0.15) is 0 Å². The summed E-state index contributed by atoms with van der Waals surface area (Å²) in [6, 6.07) is 2.82. The third-order valence-electron chi connectivity index (χ3n) is 3.62. The van der Waals surface area contributed by atoms with Crippen LogP contribution in [0.4, 0.5) is 0 Å². The minimum Gasteiger partial charge on any atom is -0.508 e. The number of phenols is 1. The van der Waals surface area contributed by atoms with Crippen LogP contribution >= 0.6 is 23.2 Å². The molecule has 4 nitrogen and oxygen atoms in total. The quantitative estimate of drug-likeness (QED) is 0.803. The van der Waals surface area contributed by atoms with Gasteiger partial charge in [-0.15, -0.1) is 0 Å². The number of carbonyl (C=O) groups is 1. The van der Waals surface area contributed by atoms with Crippen LogP contribution in [0.25, 0.3) is 0 Å². The second-order valence-electron chi connectivity index (χ2n) is 5.09. The van der Waals surface area contributed by atoms with Gasteiger partial charge in [-0.05, 0) is 37.9 Å². The number of hydrogen-bond acceptors (Lipinski definition) is 3. The first-order valence-electron chi connectivity index (χ1n) is 6.64. The number of piperidine rings is 1. The van der Waals surface area contributed by atoms with Crippen LogP contribution in [0.1, 0.15) is 31.4 Å². The molecule has 1 heterocycles. The first kappa shape index (κ1) is 15.4. The van der Waals surface area contributed by atoms with E-state index in [0.29, 0.717) is 15.6 Å². The number of carbonyl (C=O) groups excluding carboxylic acids is 1. The van der Waals surface area contributed by atoms with Crippen molar-refractivity contribution in [2.45, 2.75) is 25.8 Å². The Morgan fingerprint density at radius 3 is 2.55 bits per heavy atom. The zero-order valence-electron chi connectivity index (χ0n) is 11.2. The normalized spacial score (nSPS) is 17.8. The topological polar surface area (TPSA) is 61.4 Å². The van der Waals surface area contributed by atoms with E-state index in [1.807, 2.05) is 0 Å². The minimum atomic E-state index is -0.246. The van der Waals surface area contributed by atoms with Crippen LogP contribution in [0.2, 0.25) is 10.0 Å². The second-order valence-corrected chi connectivity index (χ2v) is 5.91. The van der Waals surface area contributed by atoms with Crippen LogP contribution in [-0.2, 0) is 4.79 Å². The number of phenolic OH excluding ortho intramolecular Hbond substituents is 1. The molecule has 3 N–H and O–H groups in total. The molecule has 0 radical (unpaired) electrons. The Hall–Kier alpha value is -0.970. The number of halogens is 2. The van der Waals surface area contributed by atoms with E-state index in [-0.39, 0.29) is 23.6 Å². The molecule has 2 rings (SSSR count). The molecule has 1 aliphatic rings. The van der Waals surface area contributed by atoms with Crippen molar-refractivity contribution >= 4 is 29.1 Å². The number of hydrogen-bond donors (Lipinski definition) is 3. The van der Waals surface area contributed by atoms with Gasteiger partial charge in [0.15, 0.2) is 0 Å². The van der Waals surface area contributed by atoms with Crippen LogP contribution in [0.15, 0.2) is 12.1 Å². The summed E-state index contributed by atoms with van der Waals surface area (Å²) >= 11 is 11.9. The molecule has 20 heavy (non-hydrogen) atoms. The van der Waals surface area contributed by atoms with Gasteiger partial charge in [-0.25, -0.2) is 0 Å². The van der Waals surface area contributed by atoms with Crippen LogP contribution in [0.3, 0.4) is 0 Å². The SMILES string of the molecule is CC(=O)N[C@H](c1cc(Cl)c(Cl)cc1O)C1CCNCC1. The van der Waals surface area contributed by atoms with Gasteiger partial charge < -0.3 is 15.7 Å². The lowest BCUT2D eigenvalue weighted by molar-refractivity contribution is -0.120. The van der Waals surface area contributed by atoms with Gasteiger partial charge in [0.2, 0.25) is 5.91 Å². The lowest BCUT2D eigenvalue weighted by Gasteiger charge is -2.32. The summed E-state index contributed by atoms with van der Waals surface area (Å²) in [5, 5.41) is 17.0. The van der Waals surface area contributed by atoms with E-state index < -0.39 is 0 Å². The Morgan fingerprint density at radius 2 is 1.95 bits per heavy atom. The third kappa shape index (κ3) is 3.57. The van der Waals surface area contributed by atoms with Gasteiger partial charge in [0, 0.05) is 18.6 Å². The standard InChI is InChI=1S/C14H18Cl2N2O2/c1-8(19)18-14(9-2-4-17-5-3-9)10-6-11(15)12(16)7-13(10)20/h6-7,9,14,17,20H,2-5H2,1H3,(H,18,19)/t14-/m0/s1. The Balaban J connectivity index is 2.34. The maximum atomic E-state index is 11.5. The molecule has 0 spiro atoms. The van der Waals surface area contributed by atoms with Crippen molar-refractivity contribution in [3.63, 3.8) is 0 Å². The first-order valence-corrected chi connectivity index (χ1v) is 7.40. The van der Waals surface area contributed by atoms with Gasteiger partial charge in [0.25, 0.3) is 0 Å². The fraction of sp³-hybridized carbons (Fsp3) is 0.500. The zero-order chi connectivity index (χ0) is 14.7. The fourth-order valence-electron chi connectivity index (χ4n) is 2.65. The maximum Gasteiger partial charge on any atom is 0.217 e. The molecule has 0 unspecified atom stereocenters. The fourth-order valence-corrected chi connectivity index (χ4v) is 2.98. The zero-order valence-corrected chi connectivity index (χ0v) is 12.8. The Bertz CT molecular complexity index is 502. The van der Waals surface area contributed by atoms with Crippen LogP contribution in [0.5, 0.6) is 5.75 Å². The lowest BCUT2D eigenvalue weighted by atomic mass is 9.85. The van der Waals surface area contributed by atoms with Crippen molar-refractivity contribution in [3.05, 3.63) is 27.7 Å². The average molecular weight is 317 g/mol. The Morgan fingerprint density at radius 1 is 1.35 bits per heavy atom. The molecule has 1 amide bonds. The first-order chi connectivity index (χ1) is 9.49. The van der Waals surface area contributed by atoms with Crippen molar-refractivity contribution in [2.75, 3.05) is 13.1 Å². The number of benzene rings is 1. The van der Waals surface area contributed by atoms with E-state index in [1.165, 1.54) is 13.0 Å². The summed E-state index contributed by atoms with van der Waals surface area (Å²) in [6.07, 6.45) is 1.87. The summed E-state index contributed by atoms with van der Waals surface area (Å²) in [4.78, 5) is 11.5. The number of nitrogens with one attached hydrogen (secondary N) is 2. The lowest BCUT2D eigenvalue weighted by Crippen LogP contribution is -2.38.